The Morgan fingerprint density at radius 3 is 2.55 bits per heavy atom. The molecule has 0 radical (unpaired) electrons. The summed E-state index contributed by atoms with van der Waals surface area (Å²) in [6.45, 7) is 0. The standard InChI is InChI=1S/C15H15NO3S/c1-19-13-8-10(9-15(17)18)2-7-14(13)20-12-5-3-11(16)4-6-12/h2-8H,9,16H2,1H3,(H,17,18). The van der Waals surface area contributed by atoms with Gasteiger partial charge in [0.2, 0.25) is 0 Å². The fraction of sp³-hybridized carbons (Fsp3) is 0.133. The first-order chi connectivity index (χ1) is 9.58. The van der Waals surface area contributed by atoms with Crippen LogP contribution in [0.3, 0.4) is 0 Å². The molecule has 0 heterocycles. The van der Waals surface area contributed by atoms with Crippen LogP contribution in [0.4, 0.5) is 5.69 Å². The summed E-state index contributed by atoms with van der Waals surface area (Å²) in [5.74, 6) is -0.184. The molecule has 4 nitrogen and oxygen atoms in total. The van der Waals surface area contributed by atoms with Crippen molar-refractivity contribution >= 4 is 23.4 Å². The van der Waals surface area contributed by atoms with E-state index in [0.29, 0.717) is 5.75 Å². The van der Waals surface area contributed by atoms with E-state index in [-0.39, 0.29) is 6.42 Å². The van der Waals surface area contributed by atoms with Crippen LogP contribution in [0.25, 0.3) is 0 Å². The molecule has 0 aliphatic carbocycles. The SMILES string of the molecule is COc1cc(CC(=O)O)ccc1Sc1ccc(N)cc1. The number of nitrogens with two attached hydrogens (primary N) is 1. The number of rotatable bonds is 5. The van der Waals surface area contributed by atoms with E-state index in [1.54, 1.807) is 31.0 Å². The van der Waals surface area contributed by atoms with Gasteiger partial charge in [0.25, 0.3) is 0 Å². The quantitative estimate of drug-likeness (QED) is 0.828. The van der Waals surface area contributed by atoms with Crippen LogP contribution in [-0.2, 0) is 11.2 Å². The molecule has 104 valence electrons. The van der Waals surface area contributed by atoms with Gasteiger partial charge in [0, 0.05) is 10.6 Å². The van der Waals surface area contributed by atoms with Gasteiger partial charge in [-0.3, -0.25) is 4.79 Å². The van der Waals surface area contributed by atoms with E-state index in [2.05, 4.69) is 0 Å². The van der Waals surface area contributed by atoms with Crippen LogP contribution in [0.1, 0.15) is 5.56 Å². The Bertz CT molecular complexity index is 611. The maximum absolute atomic E-state index is 10.7. The van der Waals surface area contributed by atoms with E-state index in [1.165, 1.54) is 0 Å². The number of carboxylic acids is 1. The summed E-state index contributed by atoms with van der Waals surface area (Å²) < 4.78 is 5.33. The average Bonchev–Trinajstić information content (AvgIpc) is 2.42. The van der Waals surface area contributed by atoms with Gasteiger partial charge in [-0.25, -0.2) is 0 Å². The van der Waals surface area contributed by atoms with Gasteiger partial charge in [-0.2, -0.15) is 0 Å². The van der Waals surface area contributed by atoms with Gasteiger partial charge in [-0.15, -0.1) is 0 Å². The third-order valence-corrected chi connectivity index (χ3v) is 3.76. The number of benzene rings is 2. The van der Waals surface area contributed by atoms with Gasteiger partial charge < -0.3 is 15.6 Å². The van der Waals surface area contributed by atoms with Crippen molar-refractivity contribution in [3.8, 4) is 5.75 Å². The molecule has 2 rings (SSSR count). The molecule has 2 aromatic carbocycles. The molecule has 0 saturated carbocycles. The topological polar surface area (TPSA) is 72.5 Å². The van der Waals surface area contributed by atoms with Gasteiger partial charge in [-0.1, -0.05) is 17.8 Å². The number of methoxy groups -OCH3 is 1. The molecule has 5 heteroatoms. The maximum Gasteiger partial charge on any atom is 0.307 e. The van der Waals surface area contributed by atoms with Crippen molar-refractivity contribution in [2.24, 2.45) is 0 Å². The molecule has 3 N–H and O–H groups in total. The molecule has 0 fully saturated rings. The fourth-order valence-electron chi connectivity index (χ4n) is 1.74. The van der Waals surface area contributed by atoms with Crippen molar-refractivity contribution in [1.82, 2.24) is 0 Å². The number of aliphatic carboxylic acids is 1. The number of nitrogen functional groups attached to an aromatic ring is 1. The first-order valence-electron chi connectivity index (χ1n) is 6.00. The number of ether oxygens (including phenoxy) is 1. The van der Waals surface area contributed by atoms with Crippen LogP contribution >= 0.6 is 11.8 Å². The Hall–Kier alpha value is -2.14. The Kier molecular flexibility index (Phi) is 4.53. The molecular formula is C15H15NO3S. The summed E-state index contributed by atoms with van der Waals surface area (Å²) in [6.07, 6.45) is -0.0107. The monoisotopic (exact) mass is 289 g/mol. The van der Waals surface area contributed by atoms with Crippen molar-refractivity contribution in [3.05, 3.63) is 48.0 Å². The Morgan fingerprint density at radius 2 is 1.95 bits per heavy atom. The highest BCUT2D eigenvalue weighted by molar-refractivity contribution is 7.99. The number of hydrogen-bond donors (Lipinski definition) is 2. The number of anilines is 1. The summed E-state index contributed by atoms with van der Waals surface area (Å²) >= 11 is 1.55. The van der Waals surface area contributed by atoms with Gasteiger partial charge >= 0.3 is 5.97 Å². The number of carboxylic acid groups (broad SMARTS) is 1. The van der Waals surface area contributed by atoms with E-state index in [0.717, 1.165) is 21.0 Å². The molecule has 20 heavy (non-hydrogen) atoms. The normalized spacial score (nSPS) is 10.2. The lowest BCUT2D eigenvalue weighted by atomic mass is 10.1. The zero-order chi connectivity index (χ0) is 14.5. The minimum absolute atomic E-state index is 0.0107. The average molecular weight is 289 g/mol. The Morgan fingerprint density at radius 1 is 1.25 bits per heavy atom. The largest absolute Gasteiger partial charge is 0.496 e. The molecular weight excluding hydrogens is 274 g/mol. The summed E-state index contributed by atoms with van der Waals surface area (Å²) in [6, 6.07) is 13.0. The lowest BCUT2D eigenvalue weighted by Gasteiger charge is -2.10. The third kappa shape index (κ3) is 3.68. The maximum atomic E-state index is 10.7. The van der Waals surface area contributed by atoms with Crippen molar-refractivity contribution in [2.45, 2.75) is 16.2 Å². The zero-order valence-electron chi connectivity index (χ0n) is 11.0. The molecule has 0 spiro atoms. The van der Waals surface area contributed by atoms with E-state index < -0.39 is 5.97 Å². The summed E-state index contributed by atoms with van der Waals surface area (Å²) in [4.78, 5) is 12.7. The first kappa shape index (κ1) is 14.3. The molecule has 0 aromatic heterocycles. The predicted molar refractivity (Wildman–Crippen MR) is 79.3 cm³/mol. The highest BCUT2D eigenvalue weighted by Gasteiger charge is 2.08. The van der Waals surface area contributed by atoms with Gasteiger partial charge in [-0.05, 0) is 42.0 Å². The van der Waals surface area contributed by atoms with E-state index >= 15 is 0 Å². The highest BCUT2D eigenvalue weighted by Crippen LogP contribution is 2.35. The molecule has 0 aliphatic rings. The second-order valence-corrected chi connectivity index (χ2v) is 5.34. The number of hydrogen-bond acceptors (Lipinski definition) is 4. The molecule has 0 atom stereocenters. The minimum Gasteiger partial charge on any atom is -0.496 e. The molecule has 2 aromatic rings. The lowest BCUT2D eigenvalue weighted by molar-refractivity contribution is -0.136. The smallest absolute Gasteiger partial charge is 0.307 e. The van der Waals surface area contributed by atoms with Crippen molar-refractivity contribution in [2.75, 3.05) is 12.8 Å². The molecule has 0 bridgehead atoms. The van der Waals surface area contributed by atoms with Crippen LogP contribution in [-0.4, -0.2) is 18.2 Å². The minimum atomic E-state index is -0.856. The van der Waals surface area contributed by atoms with E-state index in [1.807, 2.05) is 30.3 Å². The Labute approximate surface area is 121 Å². The number of carbonyl (C=O) groups is 1. The van der Waals surface area contributed by atoms with Crippen LogP contribution in [0, 0.1) is 0 Å². The summed E-state index contributed by atoms with van der Waals surface area (Å²) in [5.41, 5.74) is 7.09. The van der Waals surface area contributed by atoms with Gasteiger partial charge in [0.15, 0.2) is 0 Å². The first-order valence-corrected chi connectivity index (χ1v) is 6.82. The second-order valence-electron chi connectivity index (χ2n) is 4.23. The Balaban J connectivity index is 2.23. The zero-order valence-corrected chi connectivity index (χ0v) is 11.8. The van der Waals surface area contributed by atoms with Crippen molar-refractivity contribution in [3.63, 3.8) is 0 Å². The van der Waals surface area contributed by atoms with Crippen LogP contribution in [0.2, 0.25) is 0 Å². The molecule has 0 aliphatic heterocycles. The van der Waals surface area contributed by atoms with Crippen molar-refractivity contribution in [1.29, 1.82) is 0 Å². The van der Waals surface area contributed by atoms with E-state index in [4.69, 9.17) is 15.6 Å². The predicted octanol–water partition coefficient (Wildman–Crippen LogP) is 3.06. The fourth-order valence-corrected chi connectivity index (χ4v) is 2.65. The second kappa shape index (κ2) is 6.34. The van der Waals surface area contributed by atoms with E-state index in [9.17, 15) is 4.79 Å². The molecule has 0 unspecified atom stereocenters. The van der Waals surface area contributed by atoms with Crippen LogP contribution < -0.4 is 10.5 Å². The third-order valence-electron chi connectivity index (χ3n) is 2.69. The molecule has 0 saturated heterocycles. The van der Waals surface area contributed by atoms with Crippen molar-refractivity contribution < 1.29 is 14.6 Å². The molecule has 0 amide bonds. The lowest BCUT2D eigenvalue weighted by Crippen LogP contribution is -2.00. The summed E-state index contributed by atoms with van der Waals surface area (Å²) in [5, 5.41) is 8.80. The van der Waals surface area contributed by atoms with Crippen LogP contribution in [0.15, 0.2) is 52.3 Å². The highest BCUT2D eigenvalue weighted by atomic mass is 32.2. The summed E-state index contributed by atoms with van der Waals surface area (Å²) in [7, 11) is 1.58. The van der Waals surface area contributed by atoms with Gasteiger partial charge in [0.1, 0.15) is 5.75 Å². The van der Waals surface area contributed by atoms with Crippen LogP contribution in [0.5, 0.6) is 5.75 Å². The van der Waals surface area contributed by atoms with Gasteiger partial charge in [0.05, 0.1) is 18.4 Å².